The van der Waals surface area contributed by atoms with Crippen molar-refractivity contribution in [1.29, 1.82) is 0 Å². The fraction of sp³-hybridized carbons (Fsp3) is 0.769. The van der Waals surface area contributed by atoms with Gasteiger partial charge in [0.25, 0.3) is 0 Å². The van der Waals surface area contributed by atoms with Crippen LogP contribution in [0.4, 0.5) is 0 Å². The van der Waals surface area contributed by atoms with E-state index in [1.165, 1.54) is 0 Å². The molecule has 3 N–H and O–H groups in total. The Morgan fingerprint density at radius 1 is 1.35 bits per heavy atom. The average Bonchev–Trinajstić information content (AvgIpc) is 2.67. The first-order chi connectivity index (χ1) is 9.09. The summed E-state index contributed by atoms with van der Waals surface area (Å²) in [7, 11) is -1.78. The van der Waals surface area contributed by atoms with Gasteiger partial charge in [-0.15, -0.1) is 0 Å². The molecular formula is C13H26N4O2S. The van der Waals surface area contributed by atoms with Gasteiger partial charge in [-0.25, -0.2) is 13.1 Å². The summed E-state index contributed by atoms with van der Waals surface area (Å²) in [6.45, 7) is 10.9. The van der Waals surface area contributed by atoms with E-state index in [1.54, 1.807) is 14.0 Å². The topological polar surface area (TPSA) is 86.9 Å². The van der Waals surface area contributed by atoms with Crippen LogP contribution in [0.3, 0.4) is 0 Å². The van der Waals surface area contributed by atoms with Crippen molar-refractivity contribution in [3.05, 3.63) is 11.4 Å². The van der Waals surface area contributed by atoms with Crippen molar-refractivity contribution in [3.63, 3.8) is 0 Å². The maximum Gasteiger partial charge on any atom is 0.244 e. The molecular weight excluding hydrogens is 276 g/mol. The van der Waals surface area contributed by atoms with Crippen molar-refractivity contribution in [1.82, 2.24) is 20.2 Å². The van der Waals surface area contributed by atoms with Gasteiger partial charge in [0.15, 0.2) is 0 Å². The number of sulfonamides is 1. The predicted molar refractivity (Wildman–Crippen MR) is 79.9 cm³/mol. The van der Waals surface area contributed by atoms with E-state index in [9.17, 15) is 8.42 Å². The Morgan fingerprint density at radius 3 is 2.45 bits per heavy atom. The summed E-state index contributed by atoms with van der Waals surface area (Å²) in [5, 5.41) is 9.70. The third-order valence-corrected chi connectivity index (χ3v) is 5.26. The minimum absolute atomic E-state index is 0.0573. The van der Waals surface area contributed by atoms with Crippen LogP contribution >= 0.6 is 0 Å². The van der Waals surface area contributed by atoms with Gasteiger partial charge in [-0.1, -0.05) is 27.7 Å². The molecule has 0 radical (unpaired) electrons. The van der Waals surface area contributed by atoms with E-state index in [1.807, 2.05) is 6.92 Å². The average molecular weight is 302 g/mol. The minimum atomic E-state index is -3.54. The Bertz CT molecular complexity index is 543. The van der Waals surface area contributed by atoms with Crippen molar-refractivity contribution >= 4 is 10.0 Å². The largest absolute Gasteiger partial charge is 0.314 e. The molecule has 6 nitrogen and oxygen atoms in total. The second kappa shape index (κ2) is 6.24. The predicted octanol–water partition coefficient (Wildman–Crippen LogP) is 1.40. The molecule has 20 heavy (non-hydrogen) atoms. The highest BCUT2D eigenvalue weighted by atomic mass is 32.2. The zero-order valence-electron chi connectivity index (χ0n) is 13.2. The fourth-order valence-electron chi connectivity index (χ4n) is 1.73. The first-order valence-corrected chi connectivity index (χ1v) is 8.26. The fourth-order valence-corrected chi connectivity index (χ4v) is 3.22. The standard InChI is InChI=1S/C13H26N4O2S/c1-9(13(3,4)5)7-15-20(18,19)12-10(2)16-17-11(12)8-14-6/h9,14-15H,7-8H2,1-6H3,(H,16,17). The lowest BCUT2D eigenvalue weighted by atomic mass is 9.82. The van der Waals surface area contributed by atoms with Crippen molar-refractivity contribution in [2.45, 2.75) is 46.1 Å². The zero-order valence-corrected chi connectivity index (χ0v) is 14.0. The SMILES string of the molecule is CNCc1n[nH]c(C)c1S(=O)(=O)NCC(C)C(C)(C)C. The van der Waals surface area contributed by atoms with Gasteiger partial charge in [0.2, 0.25) is 10.0 Å². The number of H-pyrrole nitrogens is 1. The number of aryl methyl sites for hydroxylation is 1. The molecule has 0 aromatic carbocycles. The second-order valence-corrected chi connectivity index (χ2v) is 7.98. The Labute approximate surface area is 121 Å². The lowest BCUT2D eigenvalue weighted by Crippen LogP contribution is -2.34. The number of aromatic amines is 1. The first kappa shape index (κ1) is 17.1. The Morgan fingerprint density at radius 2 is 1.95 bits per heavy atom. The highest BCUT2D eigenvalue weighted by molar-refractivity contribution is 7.89. The molecule has 0 fully saturated rings. The van der Waals surface area contributed by atoms with Gasteiger partial charge >= 0.3 is 0 Å². The van der Waals surface area contributed by atoms with E-state index in [0.717, 1.165) is 0 Å². The van der Waals surface area contributed by atoms with Crippen LogP contribution in [0.5, 0.6) is 0 Å². The van der Waals surface area contributed by atoms with E-state index >= 15 is 0 Å². The number of nitrogens with zero attached hydrogens (tertiary/aromatic N) is 1. The van der Waals surface area contributed by atoms with E-state index in [2.05, 4.69) is 41.0 Å². The van der Waals surface area contributed by atoms with Gasteiger partial charge < -0.3 is 5.32 Å². The molecule has 1 aromatic rings. The van der Waals surface area contributed by atoms with Gasteiger partial charge in [0, 0.05) is 13.1 Å². The van der Waals surface area contributed by atoms with Crippen LogP contribution in [-0.2, 0) is 16.6 Å². The van der Waals surface area contributed by atoms with Crippen LogP contribution in [0.25, 0.3) is 0 Å². The molecule has 1 unspecified atom stereocenters. The molecule has 0 spiro atoms. The summed E-state index contributed by atoms with van der Waals surface area (Å²) in [6, 6.07) is 0. The van der Waals surface area contributed by atoms with Crippen molar-refractivity contribution in [3.8, 4) is 0 Å². The number of rotatable bonds is 6. The number of hydrogen-bond donors (Lipinski definition) is 3. The molecule has 0 amide bonds. The summed E-state index contributed by atoms with van der Waals surface area (Å²) in [5.74, 6) is 0.234. The van der Waals surface area contributed by atoms with Crippen LogP contribution in [0.1, 0.15) is 39.1 Å². The van der Waals surface area contributed by atoms with Gasteiger partial charge in [-0.05, 0) is 25.3 Å². The molecule has 1 heterocycles. The second-order valence-electron chi connectivity index (χ2n) is 6.27. The smallest absolute Gasteiger partial charge is 0.244 e. The monoisotopic (exact) mass is 302 g/mol. The van der Waals surface area contributed by atoms with E-state index < -0.39 is 10.0 Å². The van der Waals surface area contributed by atoms with E-state index in [4.69, 9.17) is 0 Å². The summed E-state index contributed by atoms with van der Waals surface area (Å²) in [6.07, 6.45) is 0. The maximum absolute atomic E-state index is 12.4. The molecule has 1 atom stereocenters. The summed E-state index contributed by atoms with van der Waals surface area (Å²) in [4.78, 5) is 0.257. The zero-order chi connectivity index (χ0) is 15.6. The molecule has 0 aliphatic rings. The Kier molecular flexibility index (Phi) is 5.34. The van der Waals surface area contributed by atoms with Crippen LogP contribution < -0.4 is 10.0 Å². The van der Waals surface area contributed by atoms with E-state index in [-0.39, 0.29) is 16.2 Å². The highest BCUT2D eigenvalue weighted by Crippen LogP contribution is 2.25. The Balaban J connectivity index is 2.92. The molecule has 116 valence electrons. The molecule has 1 aromatic heterocycles. The van der Waals surface area contributed by atoms with Crippen molar-refractivity contribution in [2.75, 3.05) is 13.6 Å². The van der Waals surface area contributed by atoms with Gasteiger partial charge in [-0.3, -0.25) is 5.10 Å². The number of hydrogen-bond acceptors (Lipinski definition) is 4. The normalized spacial score (nSPS) is 14.5. The third kappa shape index (κ3) is 4.04. The van der Waals surface area contributed by atoms with Gasteiger partial charge in [0.1, 0.15) is 4.90 Å². The van der Waals surface area contributed by atoms with E-state index in [0.29, 0.717) is 24.5 Å². The van der Waals surface area contributed by atoms with Crippen LogP contribution in [0.15, 0.2) is 4.90 Å². The van der Waals surface area contributed by atoms with Gasteiger partial charge in [-0.2, -0.15) is 5.10 Å². The molecule has 0 saturated heterocycles. The molecule has 0 aliphatic carbocycles. The van der Waals surface area contributed by atoms with Crippen molar-refractivity contribution in [2.24, 2.45) is 11.3 Å². The first-order valence-electron chi connectivity index (χ1n) is 6.77. The summed E-state index contributed by atoms with van der Waals surface area (Å²) in [5.41, 5.74) is 1.13. The molecule has 1 rings (SSSR count). The lowest BCUT2D eigenvalue weighted by molar-refractivity contribution is 0.263. The molecule has 0 aliphatic heterocycles. The van der Waals surface area contributed by atoms with Crippen LogP contribution in [0, 0.1) is 18.3 Å². The number of nitrogens with one attached hydrogen (secondary N) is 3. The maximum atomic E-state index is 12.4. The van der Waals surface area contributed by atoms with Crippen LogP contribution in [0.2, 0.25) is 0 Å². The summed E-state index contributed by atoms with van der Waals surface area (Å²) < 4.78 is 27.6. The number of aromatic nitrogens is 2. The van der Waals surface area contributed by atoms with Crippen LogP contribution in [-0.4, -0.2) is 32.2 Å². The third-order valence-electron chi connectivity index (χ3n) is 3.63. The highest BCUT2D eigenvalue weighted by Gasteiger charge is 2.26. The van der Waals surface area contributed by atoms with Gasteiger partial charge in [0.05, 0.1) is 11.4 Å². The minimum Gasteiger partial charge on any atom is -0.314 e. The molecule has 0 bridgehead atoms. The Hall–Kier alpha value is -0.920. The molecule has 7 heteroatoms. The quantitative estimate of drug-likeness (QED) is 0.741. The lowest BCUT2D eigenvalue weighted by Gasteiger charge is -2.27. The summed E-state index contributed by atoms with van der Waals surface area (Å²) >= 11 is 0. The van der Waals surface area contributed by atoms with Crippen molar-refractivity contribution < 1.29 is 8.42 Å². The molecule has 0 saturated carbocycles.